The first-order valence-corrected chi connectivity index (χ1v) is 8.73. The Bertz CT molecular complexity index is 759. The molecule has 1 N–H and O–H groups in total. The number of allylic oxidation sites excluding steroid dienone is 2. The smallest absolute Gasteiger partial charge is 0.266 e. The highest BCUT2D eigenvalue weighted by Crippen LogP contribution is 2.46. The van der Waals surface area contributed by atoms with Crippen molar-refractivity contribution in [3.05, 3.63) is 58.0 Å². The van der Waals surface area contributed by atoms with E-state index < -0.39 is 0 Å². The Morgan fingerprint density at radius 2 is 2.09 bits per heavy atom. The molecule has 5 heteroatoms. The van der Waals surface area contributed by atoms with Gasteiger partial charge in [-0.05, 0) is 37.2 Å². The maximum absolute atomic E-state index is 12.2. The van der Waals surface area contributed by atoms with Crippen molar-refractivity contribution in [1.82, 2.24) is 14.8 Å². The van der Waals surface area contributed by atoms with Crippen LogP contribution in [0, 0.1) is 18.8 Å². The van der Waals surface area contributed by atoms with E-state index in [0.29, 0.717) is 11.8 Å². The topological polar surface area (TPSA) is 50.7 Å². The van der Waals surface area contributed by atoms with Crippen molar-refractivity contribution in [2.75, 3.05) is 0 Å². The molecule has 2 aromatic rings. The largest absolute Gasteiger partial charge is 0.344 e. The Kier molecular flexibility index (Phi) is 3.45. The van der Waals surface area contributed by atoms with E-state index in [1.54, 1.807) is 11.8 Å². The van der Waals surface area contributed by atoms with Gasteiger partial charge in [-0.15, -0.1) is 5.10 Å². The summed E-state index contributed by atoms with van der Waals surface area (Å²) in [5.41, 5.74) is 2.45. The maximum Gasteiger partial charge on any atom is 0.344 e. The first-order chi connectivity index (χ1) is 10.7. The lowest BCUT2D eigenvalue weighted by Crippen LogP contribution is -2.25. The van der Waals surface area contributed by atoms with Crippen LogP contribution in [0.5, 0.6) is 0 Å². The van der Waals surface area contributed by atoms with E-state index in [0.717, 1.165) is 17.3 Å². The van der Waals surface area contributed by atoms with E-state index in [-0.39, 0.29) is 11.7 Å². The molecule has 0 radical (unpaired) electrons. The molecule has 4 rings (SSSR count). The molecule has 1 saturated carbocycles. The Morgan fingerprint density at radius 1 is 1.27 bits per heavy atom. The number of hydrogen-bond donors (Lipinski definition) is 1. The van der Waals surface area contributed by atoms with Crippen LogP contribution >= 0.6 is 11.8 Å². The third-order valence-corrected chi connectivity index (χ3v) is 5.76. The normalized spacial score (nSPS) is 26.0. The number of aromatic amines is 1. The fraction of sp³-hybridized carbons (Fsp3) is 0.412. The van der Waals surface area contributed by atoms with Crippen LogP contribution in [0.15, 0.2) is 46.4 Å². The Balaban J connectivity index is 1.54. The van der Waals surface area contributed by atoms with Gasteiger partial charge in [0.25, 0.3) is 0 Å². The summed E-state index contributed by atoms with van der Waals surface area (Å²) >= 11 is 1.64. The maximum atomic E-state index is 12.2. The van der Waals surface area contributed by atoms with Crippen LogP contribution in [0.2, 0.25) is 0 Å². The van der Waals surface area contributed by atoms with Gasteiger partial charge in [0.2, 0.25) is 0 Å². The molecule has 0 aliphatic heterocycles. The van der Waals surface area contributed by atoms with Gasteiger partial charge in [-0.25, -0.2) is 9.89 Å². The molecular formula is C17H19N3OS. The van der Waals surface area contributed by atoms with Crippen molar-refractivity contribution in [1.29, 1.82) is 0 Å². The van der Waals surface area contributed by atoms with E-state index in [2.05, 4.69) is 53.5 Å². The number of nitrogens with one attached hydrogen (secondary N) is 1. The molecule has 0 amide bonds. The highest BCUT2D eigenvalue weighted by atomic mass is 32.2. The molecule has 1 heterocycles. The third-order valence-electron chi connectivity index (χ3n) is 4.74. The van der Waals surface area contributed by atoms with Crippen LogP contribution in [0.3, 0.4) is 0 Å². The van der Waals surface area contributed by atoms with E-state index in [9.17, 15) is 4.79 Å². The summed E-state index contributed by atoms with van der Waals surface area (Å²) in [5.74, 6) is 1.98. The summed E-state index contributed by atoms with van der Waals surface area (Å²) in [6, 6.07) is 8.79. The number of fused-ring (bicyclic) bond motifs is 2. The van der Waals surface area contributed by atoms with Gasteiger partial charge in [0, 0.05) is 11.8 Å². The summed E-state index contributed by atoms with van der Waals surface area (Å²) in [7, 11) is 0. The minimum absolute atomic E-state index is 0.0719. The predicted octanol–water partition coefficient (Wildman–Crippen LogP) is 3.31. The molecule has 22 heavy (non-hydrogen) atoms. The van der Waals surface area contributed by atoms with Crippen molar-refractivity contribution in [3.63, 3.8) is 0 Å². The second-order valence-electron chi connectivity index (χ2n) is 6.30. The molecule has 0 spiro atoms. The second-order valence-corrected chi connectivity index (χ2v) is 7.25. The standard InChI is InChI=1S/C17H19N3OS/c1-11-2-4-12(5-3-11)10-22-17-19-18-16(21)20(17)15-9-13-6-7-14(15)8-13/h2-7,13-15H,8-10H2,1H3,(H,18,21)/t13-,14-,15-/m1/s1. The zero-order chi connectivity index (χ0) is 15.1. The molecule has 2 aliphatic carbocycles. The molecule has 1 fully saturated rings. The average Bonchev–Trinajstić information content (AvgIpc) is 3.22. The lowest BCUT2D eigenvalue weighted by Gasteiger charge is -2.20. The van der Waals surface area contributed by atoms with Gasteiger partial charge in [0.15, 0.2) is 5.16 Å². The zero-order valence-electron chi connectivity index (χ0n) is 12.5. The minimum atomic E-state index is -0.0719. The van der Waals surface area contributed by atoms with Crippen molar-refractivity contribution in [2.24, 2.45) is 11.8 Å². The van der Waals surface area contributed by atoms with Gasteiger partial charge in [-0.2, -0.15) is 0 Å². The number of benzene rings is 1. The van der Waals surface area contributed by atoms with Crippen molar-refractivity contribution < 1.29 is 0 Å². The lowest BCUT2D eigenvalue weighted by atomic mass is 10.0. The van der Waals surface area contributed by atoms with Gasteiger partial charge in [-0.1, -0.05) is 53.7 Å². The molecule has 0 unspecified atom stereocenters. The van der Waals surface area contributed by atoms with Gasteiger partial charge >= 0.3 is 5.69 Å². The summed E-state index contributed by atoms with van der Waals surface area (Å²) in [4.78, 5) is 12.2. The molecule has 2 aliphatic rings. The quantitative estimate of drug-likeness (QED) is 0.696. The third kappa shape index (κ3) is 2.43. The van der Waals surface area contributed by atoms with Crippen molar-refractivity contribution in [3.8, 4) is 0 Å². The molecular weight excluding hydrogens is 294 g/mol. The van der Waals surface area contributed by atoms with Gasteiger partial charge in [0.1, 0.15) is 0 Å². The summed E-state index contributed by atoms with van der Waals surface area (Å²) in [6.45, 7) is 2.09. The number of aromatic nitrogens is 3. The highest BCUT2D eigenvalue weighted by molar-refractivity contribution is 7.98. The van der Waals surface area contributed by atoms with E-state index >= 15 is 0 Å². The van der Waals surface area contributed by atoms with Crippen LogP contribution < -0.4 is 5.69 Å². The van der Waals surface area contributed by atoms with E-state index in [1.807, 2.05) is 4.57 Å². The fourth-order valence-electron chi connectivity index (χ4n) is 3.57. The number of rotatable bonds is 4. The molecule has 4 nitrogen and oxygen atoms in total. The molecule has 3 atom stereocenters. The average molecular weight is 313 g/mol. The van der Waals surface area contributed by atoms with E-state index in [1.165, 1.54) is 17.5 Å². The molecule has 114 valence electrons. The monoisotopic (exact) mass is 313 g/mol. The van der Waals surface area contributed by atoms with Gasteiger partial charge in [0.05, 0.1) is 0 Å². The van der Waals surface area contributed by atoms with Crippen LogP contribution in [-0.2, 0) is 5.75 Å². The molecule has 1 aromatic carbocycles. The number of aryl methyl sites for hydroxylation is 1. The minimum Gasteiger partial charge on any atom is -0.266 e. The van der Waals surface area contributed by atoms with Crippen LogP contribution in [0.4, 0.5) is 0 Å². The van der Waals surface area contributed by atoms with Crippen LogP contribution in [0.25, 0.3) is 0 Å². The summed E-state index contributed by atoms with van der Waals surface area (Å²) in [6.07, 6.45) is 6.82. The van der Waals surface area contributed by atoms with Gasteiger partial charge < -0.3 is 0 Å². The second kappa shape index (κ2) is 5.47. The van der Waals surface area contributed by atoms with E-state index in [4.69, 9.17) is 0 Å². The molecule has 2 bridgehead atoms. The number of hydrogen-bond acceptors (Lipinski definition) is 3. The van der Waals surface area contributed by atoms with Crippen LogP contribution in [-0.4, -0.2) is 14.8 Å². The summed E-state index contributed by atoms with van der Waals surface area (Å²) < 4.78 is 1.88. The Morgan fingerprint density at radius 3 is 2.77 bits per heavy atom. The number of nitrogens with zero attached hydrogens (tertiary/aromatic N) is 2. The SMILES string of the molecule is Cc1ccc(CSc2n[nH]c(=O)n2[C@@H]2C[C@@H]3C=C[C@@H]2C3)cc1. The lowest BCUT2D eigenvalue weighted by molar-refractivity contribution is 0.396. The Hall–Kier alpha value is -1.75. The first-order valence-electron chi connectivity index (χ1n) is 7.74. The first kappa shape index (κ1) is 13.9. The number of H-pyrrole nitrogens is 1. The Labute approximate surface area is 133 Å². The highest BCUT2D eigenvalue weighted by Gasteiger charge is 2.38. The predicted molar refractivity (Wildman–Crippen MR) is 88.0 cm³/mol. The molecule has 1 aromatic heterocycles. The van der Waals surface area contributed by atoms with Gasteiger partial charge in [-0.3, -0.25) is 4.57 Å². The van der Waals surface area contributed by atoms with Crippen molar-refractivity contribution >= 4 is 11.8 Å². The fourth-order valence-corrected chi connectivity index (χ4v) is 4.52. The zero-order valence-corrected chi connectivity index (χ0v) is 13.3. The molecule has 0 saturated heterocycles. The van der Waals surface area contributed by atoms with Crippen molar-refractivity contribution in [2.45, 2.75) is 36.7 Å². The summed E-state index contributed by atoms with van der Waals surface area (Å²) in [5, 5.41) is 7.69. The number of thioether (sulfide) groups is 1. The van der Waals surface area contributed by atoms with Crippen LogP contribution in [0.1, 0.15) is 30.0 Å².